The molecule has 2 rings (SSSR count). The van der Waals surface area contributed by atoms with Gasteiger partial charge in [-0.25, -0.2) is 4.79 Å². The van der Waals surface area contributed by atoms with Crippen LogP contribution in [-0.4, -0.2) is 56.1 Å². The van der Waals surface area contributed by atoms with E-state index in [1.165, 1.54) is 18.1 Å². The Hall–Kier alpha value is -2.77. The summed E-state index contributed by atoms with van der Waals surface area (Å²) in [5, 5.41) is 0. The first-order valence-corrected chi connectivity index (χ1v) is 9.86. The summed E-state index contributed by atoms with van der Waals surface area (Å²) in [4.78, 5) is 37.5. The van der Waals surface area contributed by atoms with E-state index in [-0.39, 0.29) is 30.5 Å². The van der Waals surface area contributed by atoms with Crippen molar-refractivity contribution < 1.29 is 28.6 Å². The SMILES string of the molecule is COc1cc(C(=O)OCC(=O)N2CCC[C@@H](C(N)=O)C2)ccc1OCCC(C)C. The average molecular weight is 406 g/mol. The maximum absolute atomic E-state index is 12.3. The smallest absolute Gasteiger partial charge is 0.338 e. The molecule has 2 amide bonds. The fourth-order valence-corrected chi connectivity index (χ4v) is 3.06. The van der Waals surface area contributed by atoms with Gasteiger partial charge in [0.1, 0.15) is 0 Å². The Morgan fingerprint density at radius 1 is 1.24 bits per heavy atom. The van der Waals surface area contributed by atoms with Crippen LogP contribution in [0.5, 0.6) is 11.5 Å². The normalized spacial score (nSPS) is 16.4. The highest BCUT2D eigenvalue weighted by Crippen LogP contribution is 2.28. The summed E-state index contributed by atoms with van der Waals surface area (Å²) in [7, 11) is 1.49. The predicted octanol–water partition coefficient (Wildman–Crippen LogP) is 2.00. The quantitative estimate of drug-likeness (QED) is 0.629. The first kappa shape index (κ1) is 22.5. The number of nitrogens with zero attached hydrogens (tertiary/aromatic N) is 1. The number of hydrogen-bond donors (Lipinski definition) is 1. The van der Waals surface area contributed by atoms with E-state index in [1.54, 1.807) is 12.1 Å². The topological polar surface area (TPSA) is 108 Å². The van der Waals surface area contributed by atoms with E-state index in [9.17, 15) is 14.4 Å². The minimum absolute atomic E-state index is 0.263. The van der Waals surface area contributed by atoms with Gasteiger partial charge in [-0.1, -0.05) is 13.8 Å². The van der Waals surface area contributed by atoms with Crippen molar-refractivity contribution in [2.75, 3.05) is 33.4 Å². The van der Waals surface area contributed by atoms with Gasteiger partial charge >= 0.3 is 5.97 Å². The largest absolute Gasteiger partial charge is 0.493 e. The Labute approximate surface area is 171 Å². The van der Waals surface area contributed by atoms with Gasteiger partial charge in [0.15, 0.2) is 18.1 Å². The number of carbonyl (C=O) groups excluding carboxylic acids is 3. The van der Waals surface area contributed by atoms with Crippen LogP contribution in [0.2, 0.25) is 0 Å². The van der Waals surface area contributed by atoms with E-state index in [0.717, 1.165) is 6.42 Å². The second-order valence-corrected chi connectivity index (χ2v) is 7.55. The number of piperidine rings is 1. The zero-order valence-corrected chi connectivity index (χ0v) is 17.3. The second kappa shape index (κ2) is 10.7. The van der Waals surface area contributed by atoms with E-state index in [4.69, 9.17) is 19.9 Å². The first-order chi connectivity index (χ1) is 13.8. The van der Waals surface area contributed by atoms with Gasteiger partial charge in [0, 0.05) is 13.1 Å². The number of nitrogens with two attached hydrogens (primary N) is 1. The van der Waals surface area contributed by atoms with Crippen LogP contribution in [0.25, 0.3) is 0 Å². The van der Waals surface area contributed by atoms with Crippen LogP contribution in [0.1, 0.15) is 43.5 Å². The van der Waals surface area contributed by atoms with Crippen LogP contribution in [0.3, 0.4) is 0 Å². The van der Waals surface area contributed by atoms with Crippen LogP contribution < -0.4 is 15.2 Å². The number of hydrogen-bond acceptors (Lipinski definition) is 6. The van der Waals surface area contributed by atoms with Crippen molar-refractivity contribution in [1.82, 2.24) is 4.90 Å². The molecule has 0 saturated carbocycles. The molecule has 29 heavy (non-hydrogen) atoms. The lowest BCUT2D eigenvalue weighted by Crippen LogP contribution is -2.45. The standard InChI is InChI=1S/C21H30N2O6/c1-14(2)8-10-28-17-7-6-15(11-18(17)27-3)21(26)29-13-19(24)23-9-4-5-16(12-23)20(22)25/h6-7,11,14,16H,4-5,8-10,12-13H2,1-3H3,(H2,22,25)/t16-/m1/s1. The van der Waals surface area contributed by atoms with Crippen LogP contribution in [-0.2, 0) is 14.3 Å². The highest BCUT2D eigenvalue weighted by atomic mass is 16.5. The van der Waals surface area contributed by atoms with Gasteiger partial charge in [-0.2, -0.15) is 0 Å². The molecule has 0 bridgehead atoms. The molecule has 1 atom stereocenters. The molecule has 0 aromatic heterocycles. The molecular weight excluding hydrogens is 376 g/mol. The molecule has 0 radical (unpaired) electrons. The Morgan fingerprint density at radius 3 is 2.66 bits per heavy atom. The predicted molar refractivity (Wildman–Crippen MR) is 107 cm³/mol. The molecule has 8 heteroatoms. The highest BCUT2D eigenvalue weighted by Gasteiger charge is 2.27. The first-order valence-electron chi connectivity index (χ1n) is 9.86. The number of amides is 2. The molecule has 0 spiro atoms. The molecule has 0 unspecified atom stereocenters. The summed E-state index contributed by atoms with van der Waals surface area (Å²) >= 11 is 0. The van der Waals surface area contributed by atoms with Crippen molar-refractivity contribution in [1.29, 1.82) is 0 Å². The summed E-state index contributed by atoms with van der Waals surface area (Å²) < 4.78 is 16.1. The van der Waals surface area contributed by atoms with E-state index in [1.807, 2.05) is 0 Å². The molecule has 1 aromatic carbocycles. The van der Waals surface area contributed by atoms with E-state index < -0.39 is 11.9 Å². The van der Waals surface area contributed by atoms with Gasteiger partial charge < -0.3 is 24.8 Å². The van der Waals surface area contributed by atoms with Gasteiger partial charge in [0.2, 0.25) is 5.91 Å². The van der Waals surface area contributed by atoms with Gasteiger partial charge in [-0.3, -0.25) is 9.59 Å². The van der Waals surface area contributed by atoms with E-state index >= 15 is 0 Å². The molecule has 1 aliphatic rings. The molecule has 1 aliphatic heterocycles. The fraction of sp³-hybridized carbons (Fsp3) is 0.571. The van der Waals surface area contributed by atoms with Crippen LogP contribution >= 0.6 is 0 Å². The number of primary amides is 1. The second-order valence-electron chi connectivity index (χ2n) is 7.55. The Morgan fingerprint density at radius 2 is 2.00 bits per heavy atom. The molecule has 1 heterocycles. The van der Waals surface area contributed by atoms with Gasteiger partial charge in [-0.15, -0.1) is 0 Å². The van der Waals surface area contributed by atoms with Gasteiger partial charge in [0.05, 0.1) is 25.2 Å². The summed E-state index contributed by atoms with van der Waals surface area (Å²) in [6.07, 6.45) is 2.27. The zero-order valence-electron chi connectivity index (χ0n) is 17.3. The highest BCUT2D eigenvalue weighted by molar-refractivity contribution is 5.92. The van der Waals surface area contributed by atoms with Crippen molar-refractivity contribution in [3.8, 4) is 11.5 Å². The Kier molecular flexibility index (Phi) is 8.30. The molecule has 160 valence electrons. The number of methoxy groups -OCH3 is 1. The molecular formula is C21H30N2O6. The number of esters is 1. The third-order valence-corrected chi connectivity index (χ3v) is 4.86. The van der Waals surface area contributed by atoms with Crippen LogP contribution in [0, 0.1) is 11.8 Å². The van der Waals surface area contributed by atoms with Crippen LogP contribution in [0.15, 0.2) is 18.2 Å². The van der Waals surface area contributed by atoms with E-state index in [0.29, 0.717) is 43.4 Å². The molecule has 8 nitrogen and oxygen atoms in total. The van der Waals surface area contributed by atoms with Crippen molar-refractivity contribution in [3.63, 3.8) is 0 Å². The molecule has 0 aliphatic carbocycles. The monoisotopic (exact) mass is 406 g/mol. The Balaban J connectivity index is 1.91. The van der Waals surface area contributed by atoms with Crippen molar-refractivity contribution in [2.45, 2.75) is 33.1 Å². The number of benzene rings is 1. The van der Waals surface area contributed by atoms with Crippen molar-refractivity contribution in [2.24, 2.45) is 17.6 Å². The van der Waals surface area contributed by atoms with Crippen molar-refractivity contribution >= 4 is 17.8 Å². The molecule has 1 fully saturated rings. The maximum Gasteiger partial charge on any atom is 0.338 e. The van der Waals surface area contributed by atoms with Gasteiger partial charge in [0.25, 0.3) is 5.91 Å². The minimum Gasteiger partial charge on any atom is -0.493 e. The third kappa shape index (κ3) is 6.66. The maximum atomic E-state index is 12.3. The summed E-state index contributed by atoms with van der Waals surface area (Å²) in [6.45, 7) is 5.17. The number of likely N-dealkylation sites (tertiary alicyclic amines) is 1. The lowest BCUT2D eigenvalue weighted by molar-refractivity contribution is -0.137. The summed E-state index contributed by atoms with van der Waals surface area (Å²) in [5.74, 6) is -0.246. The zero-order chi connectivity index (χ0) is 21.4. The summed E-state index contributed by atoms with van der Waals surface area (Å²) in [5.41, 5.74) is 5.59. The van der Waals surface area contributed by atoms with Crippen molar-refractivity contribution in [3.05, 3.63) is 23.8 Å². The van der Waals surface area contributed by atoms with Gasteiger partial charge in [-0.05, 0) is 43.4 Å². The summed E-state index contributed by atoms with van der Waals surface area (Å²) in [6, 6.07) is 4.76. The fourth-order valence-electron chi connectivity index (χ4n) is 3.06. The molecule has 1 saturated heterocycles. The number of rotatable bonds is 9. The lowest BCUT2D eigenvalue weighted by atomic mass is 9.97. The number of carbonyl (C=O) groups is 3. The average Bonchev–Trinajstić information content (AvgIpc) is 2.71. The molecule has 2 N–H and O–H groups in total. The van der Waals surface area contributed by atoms with E-state index in [2.05, 4.69) is 13.8 Å². The van der Waals surface area contributed by atoms with Crippen LogP contribution in [0.4, 0.5) is 0 Å². The third-order valence-electron chi connectivity index (χ3n) is 4.86. The lowest BCUT2D eigenvalue weighted by Gasteiger charge is -2.31. The Bertz CT molecular complexity index is 734. The number of ether oxygens (including phenoxy) is 3. The minimum atomic E-state index is -0.631. The molecule has 1 aromatic rings.